The van der Waals surface area contributed by atoms with E-state index in [4.69, 9.17) is 4.74 Å². The summed E-state index contributed by atoms with van der Waals surface area (Å²) in [4.78, 5) is 2.65. The highest BCUT2D eigenvalue weighted by Gasteiger charge is 2.45. The Morgan fingerprint density at radius 2 is 1.61 bits per heavy atom. The minimum atomic E-state index is 0.00136. The smallest absolute Gasteiger partial charge is 0.127 e. The fourth-order valence-corrected chi connectivity index (χ4v) is 7.98. The Hall–Kier alpha value is -1.19. The summed E-state index contributed by atoms with van der Waals surface area (Å²) in [6.45, 7) is 15.8. The van der Waals surface area contributed by atoms with Crippen LogP contribution in [-0.2, 0) is 4.74 Å². The Bertz CT molecular complexity index is 877. The Kier molecular flexibility index (Phi) is 9.03. The number of nitrogens with zero attached hydrogens (tertiary/aromatic N) is 1. The molecule has 0 amide bonds. The van der Waals surface area contributed by atoms with Crippen LogP contribution in [0.2, 0.25) is 0 Å². The van der Waals surface area contributed by atoms with Crippen molar-refractivity contribution in [2.75, 3.05) is 13.2 Å². The first-order valence-electron chi connectivity index (χ1n) is 15.0. The zero-order valence-corrected chi connectivity index (χ0v) is 24.0. The van der Waals surface area contributed by atoms with E-state index >= 15 is 4.39 Å². The predicted molar refractivity (Wildman–Crippen MR) is 151 cm³/mol. The van der Waals surface area contributed by atoms with E-state index in [0.29, 0.717) is 6.10 Å². The molecular formula is C33H52FNO. The zero-order chi connectivity index (χ0) is 25.9. The Morgan fingerprint density at radius 3 is 2.17 bits per heavy atom. The third kappa shape index (κ3) is 6.26. The van der Waals surface area contributed by atoms with Gasteiger partial charge in [-0.15, -0.1) is 0 Å². The average Bonchev–Trinajstić information content (AvgIpc) is 2.85. The van der Waals surface area contributed by atoms with Crippen LogP contribution < -0.4 is 0 Å². The predicted octanol–water partition coefficient (Wildman–Crippen LogP) is 9.14. The molecule has 0 bridgehead atoms. The maximum atomic E-state index is 15.6. The number of halogens is 1. The van der Waals surface area contributed by atoms with Gasteiger partial charge in [0.1, 0.15) is 5.82 Å². The van der Waals surface area contributed by atoms with E-state index in [1.54, 1.807) is 0 Å². The first-order valence-corrected chi connectivity index (χ1v) is 15.0. The maximum absolute atomic E-state index is 15.6. The Balaban J connectivity index is 1.38. The van der Waals surface area contributed by atoms with Gasteiger partial charge < -0.3 is 4.74 Å². The molecule has 0 aromatic heterocycles. The molecular weight excluding hydrogens is 445 g/mol. The molecule has 1 atom stereocenters. The van der Waals surface area contributed by atoms with Crippen molar-refractivity contribution in [2.24, 2.45) is 11.8 Å². The molecule has 2 nitrogen and oxygen atoms in total. The Labute approximate surface area is 221 Å². The minimum Gasteiger partial charge on any atom is -0.378 e. The lowest BCUT2D eigenvalue weighted by atomic mass is 9.70. The van der Waals surface area contributed by atoms with Crippen molar-refractivity contribution in [3.8, 4) is 0 Å². The number of allylic oxidation sites excluding steroid dienone is 2. The van der Waals surface area contributed by atoms with E-state index in [9.17, 15) is 0 Å². The molecule has 0 radical (unpaired) electrons. The van der Waals surface area contributed by atoms with E-state index < -0.39 is 0 Å². The second-order valence-electron chi connectivity index (χ2n) is 13.3. The van der Waals surface area contributed by atoms with Crippen LogP contribution in [0.15, 0.2) is 24.3 Å². The third-order valence-corrected chi connectivity index (χ3v) is 9.61. The quantitative estimate of drug-likeness (QED) is 0.355. The molecule has 1 aliphatic heterocycles. The maximum Gasteiger partial charge on any atom is 0.127 e. The number of rotatable bonds is 8. The lowest BCUT2D eigenvalue weighted by Crippen LogP contribution is -2.60. The van der Waals surface area contributed by atoms with Crippen molar-refractivity contribution >= 4 is 5.57 Å². The van der Waals surface area contributed by atoms with Crippen LogP contribution in [0.4, 0.5) is 4.39 Å². The molecule has 1 aromatic rings. The summed E-state index contributed by atoms with van der Waals surface area (Å²) in [5.41, 5.74) is 3.54. The molecule has 3 aliphatic rings. The van der Waals surface area contributed by atoms with E-state index in [1.807, 2.05) is 6.07 Å². The van der Waals surface area contributed by atoms with Gasteiger partial charge in [0.25, 0.3) is 0 Å². The summed E-state index contributed by atoms with van der Waals surface area (Å²) in [5, 5.41) is 0. The first kappa shape index (κ1) is 27.8. The summed E-state index contributed by atoms with van der Waals surface area (Å²) < 4.78 is 21.6. The summed E-state index contributed by atoms with van der Waals surface area (Å²) in [6, 6.07) is 6.16. The Morgan fingerprint density at radius 1 is 0.917 bits per heavy atom. The highest BCUT2D eigenvalue weighted by molar-refractivity contribution is 5.66. The number of piperidine rings is 1. The molecule has 1 unspecified atom stereocenters. The molecule has 36 heavy (non-hydrogen) atoms. The van der Waals surface area contributed by atoms with Crippen LogP contribution in [0.3, 0.4) is 0 Å². The van der Waals surface area contributed by atoms with E-state index in [0.717, 1.165) is 74.6 Å². The van der Waals surface area contributed by atoms with Crippen LogP contribution >= 0.6 is 0 Å². The van der Waals surface area contributed by atoms with Crippen molar-refractivity contribution in [1.29, 1.82) is 0 Å². The molecule has 4 rings (SSSR count). The normalized spacial score (nSPS) is 29.2. The molecule has 1 aromatic carbocycles. The van der Waals surface area contributed by atoms with Crippen LogP contribution in [0.5, 0.6) is 0 Å². The SMILES string of the molecule is CCCOC1CCC(C2CC=C(c3ccc(C4CC(C)(C)N(CCC)C(C)(C)C4)c(F)c3)CC2)CC1. The second kappa shape index (κ2) is 11.7. The number of hydrogen-bond acceptors (Lipinski definition) is 2. The molecule has 1 heterocycles. The van der Waals surface area contributed by atoms with Crippen molar-refractivity contribution < 1.29 is 9.13 Å². The number of likely N-dealkylation sites (tertiary alicyclic amines) is 1. The largest absolute Gasteiger partial charge is 0.378 e. The van der Waals surface area contributed by atoms with Gasteiger partial charge >= 0.3 is 0 Å². The fourth-order valence-electron chi connectivity index (χ4n) is 7.98. The second-order valence-corrected chi connectivity index (χ2v) is 13.3. The summed E-state index contributed by atoms with van der Waals surface area (Å²) >= 11 is 0. The van der Waals surface area contributed by atoms with Gasteiger partial charge in [0, 0.05) is 17.7 Å². The summed E-state index contributed by atoms with van der Waals surface area (Å²) in [6.07, 6.45) is 15.8. The molecule has 2 aliphatic carbocycles. The lowest BCUT2D eigenvalue weighted by Gasteiger charge is -2.55. The standard InChI is InChI=1S/C33H52FNO/c1-7-19-35-32(3,4)22-28(23-33(35,5)6)30-18-15-27(21-31(30)34)26-11-9-24(10-12-26)25-13-16-29(17-14-25)36-20-8-2/h11,15,18,21,24-25,28-29H,7-10,12-14,16-17,19-20,22-23H2,1-6H3. The molecule has 2 fully saturated rings. The highest BCUT2D eigenvalue weighted by atomic mass is 19.1. The van der Waals surface area contributed by atoms with Crippen molar-refractivity contribution in [1.82, 2.24) is 4.90 Å². The summed E-state index contributed by atoms with van der Waals surface area (Å²) in [7, 11) is 0. The van der Waals surface area contributed by atoms with Gasteiger partial charge in [0.2, 0.25) is 0 Å². The summed E-state index contributed by atoms with van der Waals surface area (Å²) in [5.74, 6) is 1.91. The number of benzene rings is 1. The molecule has 1 saturated carbocycles. The van der Waals surface area contributed by atoms with Gasteiger partial charge in [-0.25, -0.2) is 4.39 Å². The van der Waals surface area contributed by atoms with Gasteiger partial charge in [0.05, 0.1) is 6.10 Å². The van der Waals surface area contributed by atoms with Crippen molar-refractivity contribution in [3.63, 3.8) is 0 Å². The average molecular weight is 498 g/mol. The van der Waals surface area contributed by atoms with Gasteiger partial charge in [-0.3, -0.25) is 4.90 Å². The molecule has 3 heteroatoms. The van der Waals surface area contributed by atoms with Crippen LogP contribution in [0, 0.1) is 17.7 Å². The molecule has 0 N–H and O–H groups in total. The van der Waals surface area contributed by atoms with Crippen molar-refractivity contribution in [3.05, 3.63) is 41.2 Å². The van der Waals surface area contributed by atoms with Gasteiger partial charge in [-0.1, -0.05) is 32.1 Å². The number of hydrogen-bond donors (Lipinski definition) is 0. The molecule has 1 saturated heterocycles. The first-order chi connectivity index (χ1) is 17.1. The minimum absolute atomic E-state index is 0.00136. The van der Waals surface area contributed by atoms with Crippen molar-refractivity contribution in [2.45, 2.75) is 135 Å². The van der Waals surface area contributed by atoms with Gasteiger partial charge in [0.15, 0.2) is 0 Å². The lowest BCUT2D eigenvalue weighted by molar-refractivity contribution is -0.0362. The fraction of sp³-hybridized carbons (Fsp3) is 0.758. The molecule has 0 spiro atoms. The van der Waals surface area contributed by atoms with Gasteiger partial charge in [-0.05, 0) is 145 Å². The molecule has 202 valence electrons. The van der Waals surface area contributed by atoms with Crippen LogP contribution in [0.1, 0.15) is 129 Å². The van der Waals surface area contributed by atoms with E-state index in [1.165, 1.54) is 37.7 Å². The zero-order valence-electron chi connectivity index (χ0n) is 24.0. The van der Waals surface area contributed by atoms with Crippen LogP contribution in [0.25, 0.3) is 5.57 Å². The van der Waals surface area contributed by atoms with E-state index in [2.05, 4.69) is 64.7 Å². The monoisotopic (exact) mass is 497 g/mol. The highest BCUT2D eigenvalue weighted by Crippen LogP contribution is 2.47. The third-order valence-electron chi connectivity index (χ3n) is 9.61. The van der Waals surface area contributed by atoms with Crippen LogP contribution in [-0.4, -0.2) is 35.2 Å². The number of ether oxygens (including phenoxy) is 1. The van der Waals surface area contributed by atoms with E-state index in [-0.39, 0.29) is 22.8 Å². The topological polar surface area (TPSA) is 12.5 Å². The van der Waals surface area contributed by atoms with Gasteiger partial charge in [-0.2, -0.15) is 0 Å².